The summed E-state index contributed by atoms with van der Waals surface area (Å²) in [5.74, 6) is -0.219. The quantitative estimate of drug-likeness (QED) is 0.538. The number of thiophene rings is 1. The first-order valence-electron chi connectivity index (χ1n) is 6.36. The Hall–Kier alpha value is -0.750. The Morgan fingerprint density at radius 2 is 1.86 bits per heavy atom. The normalized spacial score (nSPS) is 12.8. The molecule has 0 amide bonds. The summed E-state index contributed by atoms with van der Waals surface area (Å²) in [5.41, 5.74) is 8.57. The van der Waals surface area contributed by atoms with Crippen molar-refractivity contribution in [1.29, 1.82) is 0 Å². The van der Waals surface area contributed by atoms with Gasteiger partial charge in [0, 0.05) is 18.5 Å². The molecule has 0 fully saturated rings. The second-order valence-corrected chi connectivity index (χ2v) is 7.76. The van der Waals surface area contributed by atoms with Crippen LogP contribution in [0.1, 0.15) is 22.0 Å². The molecule has 5 heteroatoms. The third-order valence-corrected chi connectivity index (χ3v) is 6.14. The molecule has 1 aromatic heterocycles. The van der Waals surface area contributed by atoms with Crippen LogP contribution in [0.25, 0.3) is 10.1 Å². The molecule has 1 nitrogen and oxygen atoms in total. The Kier molecular flexibility index (Phi) is 4.19. The van der Waals surface area contributed by atoms with E-state index in [0.29, 0.717) is 0 Å². The van der Waals surface area contributed by atoms with Crippen molar-refractivity contribution < 1.29 is 4.39 Å². The summed E-state index contributed by atoms with van der Waals surface area (Å²) in [6.45, 7) is 2.03. The molecule has 0 bridgehead atoms. The minimum absolute atomic E-state index is 0.219. The molecule has 2 N–H and O–H groups in total. The van der Waals surface area contributed by atoms with Crippen molar-refractivity contribution in [3.8, 4) is 0 Å². The number of fused-ring (bicyclic) bond motifs is 1. The molecule has 1 heterocycles. The second-order valence-electron chi connectivity index (χ2n) is 4.93. The van der Waals surface area contributed by atoms with Crippen LogP contribution in [-0.4, -0.2) is 0 Å². The van der Waals surface area contributed by atoms with Crippen LogP contribution in [0.5, 0.6) is 0 Å². The van der Waals surface area contributed by atoms with Crippen LogP contribution in [0.2, 0.25) is 0 Å². The van der Waals surface area contributed by atoms with Gasteiger partial charge in [0.2, 0.25) is 0 Å². The fraction of sp³-hybridized carbons (Fsp3) is 0.125. The first-order valence-corrected chi connectivity index (χ1v) is 8.76. The van der Waals surface area contributed by atoms with E-state index < -0.39 is 0 Å². The Morgan fingerprint density at radius 1 is 1.10 bits per heavy atom. The van der Waals surface area contributed by atoms with Crippen molar-refractivity contribution in [1.82, 2.24) is 0 Å². The Bertz CT molecular complexity index is 829. The Morgan fingerprint density at radius 3 is 2.62 bits per heavy atom. The fourth-order valence-electron chi connectivity index (χ4n) is 2.23. The first-order chi connectivity index (χ1) is 9.95. The number of benzene rings is 2. The van der Waals surface area contributed by atoms with Crippen LogP contribution in [0, 0.1) is 12.7 Å². The van der Waals surface area contributed by atoms with Gasteiger partial charge >= 0.3 is 0 Å². The van der Waals surface area contributed by atoms with E-state index in [-0.39, 0.29) is 11.9 Å². The monoisotopic (exact) mass is 427 g/mol. The molecule has 0 aliphatic rings. The number of halogens is 3. The van der Waals surface area contributed by atoms with Crippen molar-refractivity contribution in [2.24, 2.45) is 5.73 Å². The van der Waals surface area contributed by atoms with E-state index >= 15 is 0 Å². The van der Waals surface area contributed by atoms with Crippen LogP contribution in [0.4, 0.5) is 4.39 Å². The van der Waals surface area contributed by atoms with Gasteiger partial charge in [0.05, 0.1) is 6.04 Å². The predicted molar refractivity (Wildman–Crippen MR) is 94.4 cm³/mol. The number of hydrogen-bond donors (Lipinski definition) is 1. The van der Waals surface area contributed by atoms with Gasteiger partial charge in [0.25, 0.3) is 0 Å². The highest BCUT2D eigenvalue weighted by Gasteiger charge is 2.16. The van der Waals surface area contributed by atoms with E-state index in [0.717, 1.165) is 35.0 Å². The summed E-state index contributed by atoms with van der Waals surface area (Å²) < 4.78 is 16.2. The molecule has 1 unspecified atom stereocenters. The maximum absolute atomic E-state index is 13.3. The van der Waals surface area contributed by atoms with E-state index in [1.54, 1.807) is 12.1 Å². The third-order valence-electron chi connectivity index (χ3n) is 3.42. The van der Waals surface area contributed by atoms with Gasteiger partial charge in [-0.15, -0.1) is 11.3 Å². The van der Waals surface area contributed by atoms with Crippen LogP contribution in [0.3, 0.4) is 0 Å². The van der Waals surface area contributed by atoms with Crippen molar-refractivity contribution in [2.45, 2.75) is 13.0 Å². The molecule has 3 rings (SSSR count). The maximum Gasteiger partial charge on any atom is 0.124 e. The lowest BCUT2D eigenvalue weighted by Gasteiger charge is -2.14. The van der Waals surface area contributed by atoms with Crippen molar-refractivity contribution in [3.63, 3.8) is 0 Å². The highest BCUT2D eigenvalue weighted by Crippen LogP contribution is 2.36. The Labute approximate surface area is 143 Å². The molecule has 0 aliphatic carbocycles. The number of aryl methyl sites for hydroxylation is 1. The summed E-state index contributed by atoms with van der Waals surface area (Å²) in [5, 5.41) is 1.02. The standard InChI is InChI=1S/C16H12Br2FNS/c1-8-4-13(18)11(7-12(8)17)16(20)15-5-9-2-3-10(19)6-14(9)21-15/h2-7,16H,20H2,1H3. The summed E-state index contributed by atoms with van der Waals surface area (Å²) in [7, 11) is 0. The van der Waals surface area contributed by atoms with Gasteiger partial charge in [0.1, 0.15) is 5.82 Å². The number of nitrogens with two attached hydrogens (primary N) is 1. The van der Waals surface area contributed by atoms with Gasteiger partial charge < -0.3 is 5.73 Å². The molecule has 108 valence electrons. The second kappa shape index (κ2) is 5.80. The molecule has 21 heavy (non-hydrogen) atoms. The molecular formula is C16H12Br2FNS. The summed E-state index contributed by atoms with van der Waals surface area (Å²) in [6.07, 6.45) is 0. The Balaban J connectivity index is 2.07. The molecule has 0 spiro atoms. The lowest BCUT2D eigenvalue weighted by molar-refractivity contribution is 0.630. The highest BCUT2D eigenvalue weighted by atomic mass is 79.9. The van der Waals surface area contributed by atoms with Gasteiger partial charge in [-0.1, -0.05) is 37.9 Å². The summed E-state index contributed by atoms with van der Waals surface area (Å²) in [6, 6.07) is 10.7. The molecule has 0 saturated heterocycles. The average Bonchev–Trinajstić information content (AvgIpc) is 2.85. The van der Waals surface area contributed by atoms with E-state index in [1.807, 2.05) is 25.1 Å². The zero-order chi connectivity index (χ0) is 15.1. The third kappa shape index (κ3) is 2.93. The van der Waals surface area contributed by atoms with Crippen molar-refractivity contribution >= 4 is 53.3 Å². The van der Waals surface area contributed by atoms with Gasteiger partial charge in [-0.05, 0) is 53.8 Å². The zero-order valence-corrected chi connectivity index (χ0v) is 15.1. The number of hydrogen-bond acceptors (Lipinski definition) is 2. The number of rotatable bonds is 2. The fourth-order valence-corrected chi connectivity index (χ4v) is 4.41. The molecule has 0 saturated carbocycles. The van der Waals surface area contributed by atoms with E-state index in [4.69, 9.17) is 5.73 Å². The molecule has 2 aromatic carbocycles. The van der Waals surface area contributed by atoms with Crippen molar-refractivity contribution in [2.75, 3.05) is 0 Å². The SMILES string of the molecule is Cc1cc(Br)c(C(N)c2cc3ccc(F)cc3s2)cc1Br. The van der Waals surface area contributed by atoms with E-state index in [1.165, 1.54) is 17.4 Å². The predicted octanol–water partition coefficient (Wildman–Crippen LogP) is 5.92. The van der Waals surface area contributed by atoms with E-state index in [2.05, 4.69) is 31.9 Å². The summed E-state index contributed by atoms with van der Waals surface area (Å²) >= 11 is 8.65. The van der Waals surface area contributed by atoms with Gasteiger partial charge in [-0.25, -0.2) is 4.39 Å². The largest absolute Gasteiger partial charge is 0.320 e. The highest BCUT2D eigenvalue weighted by molar-refractivity contribution is 9.11. The van der Waals surface area contributed by atoms with Crippen molar-refractivity contribution in [3.05, 3.63) is 67.2 Å². The topological polar surface area (TPSA) is 26.0 Å². The van der Waals surface area contributed by atoms with Gasteiger partial charge in [0.15, 0.2) is 0 Å². The van der Waals surface area contributed by atoms with Gasteiger partial charge in [-0.2, -0.15) is 0 Å². The lowest BCUT2D eigenvalue weighted by Crippen LogP contribution is -2.11. The molecular weight excluding hydrogens is 417 g/mol. The molecule has 0 aliphatic heterocycles. The molecule has 1 atom stereocenters. The van der Waals surface area contributed by atoms with E-state index in [9.17, 15) is 4.39 Å². The summed E-state index contributed by atoms with van der Waals surface area (Å²) in [4.78, 5) is 1.02. The van der Waals surface area contributed by atoms with Gasteiger partial charge in [-0.3, -0.25) is 0 Å². The minimum atomic E-state index is -0.239. The van der Waals surface area contributed by atoms with Crippen LogP contribution in [0.15, 0.2) is 45.3 Å². The van der Waals surface area contributed by atoms with Crippen LogP contribution < -0.4 is 5.73 Å². The smallest absolute Gasteiger partial charge is 0.124 e. The maximum atomic E-state index is 13.3. The van der Waals surface area contributed by atoms with Crippen LogP contribution in [-0.2, 0) is 0 Å². The zero-order valence-electron chi connectivity index (χ0n) is 11.2. The molecule has 0 radical (unpaired) electrons. The average molecular weight is 429 g/mol. The lowest BCUT2D eigenvalue weighted by atomic mass is 10.0. The first kappa shape index (κ1) is 15.2. The minimum Gasteiger partial charge on any atom is -0.320 e. The molecule has 3 aromatic rings. The van der Waals surface area contributed by atoms with Crippen LogP contribution >= 0.6 is 43.2 Å².